The van der Waals surface area contributed by atoms with E-state index in [-0.39, 0.29) is 5.41 Å². The molecule has 0 atom stereocenters. The number of hydrogen-bond acceptors (Lipinski definition) is 4. The van der Waals surface area contributed by atoms with Crippen molar-refractivity contribution < 1.29 is 4.74 Å². The van der Waals surface area contributed by atoms with Gasteiger partial charge >= 0.3 is 0 Å². The first-order chi connectivity index (χ1) is 10.0. The lowest BCUT2D eigenvalue weighted by molar-refractivity contribution is 0.199. The van der Waals surface area contributed by atoms with E-state index >= 15 is 0 Å². The lowest BCUT2D eigenvalue weighted by atomic mass is 9.93. The zero-order chi connectivity index (χ0) is 15.3. The molecule has 0 aliphatic heterocycles. The first-order valence-corrected chi connectivity index (χ1v) is 8.17. The molecule has 0 radical (unpaired) electrons. The van der Waals surface area contributed by atoms with Crippen molar-refractivity contribution in [1.29, 1.82) is 0 Å². The Balaban J connectivity index is 1.97. The molecule has 0 saturated heterocycles. The number of hydrogen-bond donors (Lipinski definition) is 1. The summed E-state index contributed by atoms with van der Waals surface area (Å²) in [7, 11) is 1.72. The maximum Gasteiger partial charge on any atom is 0.113 e. The summed E-state index contributed by atoms with van der Waals surface area (Å²) in [6.07, 6.45) is 2.12. The summed E-state index contributed by atoms with van der Waals surface area (Å²) in [6.45, 7) is 9.91. The molecule has 1 N–H and O–H groups in total. The highest BCUT2D eigenvalue weighted by Crippen LogP contribution is 2.24. The third-order valence-electron chi connectivity index (χ3n) is 3.34. The number of ether oxygens (including phenoxy) is 1. The van der Waals surface area contributed by atoms with Gasteiger partial charge in [-0.1, -0.05) is 20.8 Å². The molecule has 2 aromatic heterocycles. The summed E-state index contributed by atoms with van der Waals surface area (Å²) in [5, 5.41) is 6.72. The molecule has 2 heterocycles. The predicted octanol–water partition coefficient (Wildman–Crippen LogP) is 3.03. The van der Waals surface area contributed by atoms with E-state index in [2.05, 4.69) is 54.4 Å². The Labute approximate surface area is 131 Å². The molecule has 5 heteroatoms. The van der Waals surface area contributed by atoms with E-state index in [0.717, 1.165) is 31.2 Å². The van der Waals surface area contributed by atoms with E-state index in [1.165, 1.54) is 11.4 Å². The van der Waals surface area contributed by atoms with Gasteiger partial charge in [0.15, 0.2) is 0 Å². The van der Waals surface area contributed by atoms with Crippen LogP contribution in [0.15, 0.2) is 23.7 Å². The molecule has 21 heavy (non-hydrogen) atoms. The molecule has 2 aromatic rings. The second-order valence-corrected chi connectivity index (χ2v) is 7.12. The topological polar surface area (TPSA) is 39.1 Å². The Morgan fingerprint density at radius 2 is 2.19 bits per heavy atom. The van der Waals surface area contributed by atoms with Crippen LogP contribution in [0, 0.1) is 0 Å². The molecule has 116 valence electrons. The fraction of sp³-hybridized carbons (Fsp3) is 0.562. The average Bonchev–Trinajstić information content (AvgIpc) is 3.04. The molecule has 0 fully saturated rings. The van der Waals surface area contributed by atoms with Gasteiger partial charge in [0, 0.05) is 42.9 Å². The third kappa shape index (κ3) is 4.66. The summed E-state index contributed by atoms with van der Waals surface area (Å²) in [4.78, 5) is 4.76. The maximum atomic E-state index is 5.04. The minimum atomic E-state index is 0.121. The first kappa shape index (κ1) is 16.2. The summed E-state index contributed by atoms with van der Waals surface area (Å²) < 4.78 is 7.30. The Hall–Kier alpha value is -1.17. The van der Waals surface area contributed by atoms with E-state index in [0.29, 0.717) is 0 Å². The largest absolute Gasteiger partial charge is 0.383 e. The zero-order valence-electron chi connectivity index (χ0n) is 13.3. The van der Waals surface area contributed by atoms with Crippen LogP contribution >= 0.6 is 11.3 Å². The lowest BCUT2D eigenvalue weighted by Gasteiger charge is -2.14. The van der Waals surface area contributed by atoms with Crippen molar-refractivity contribution >= 4 is 11.3 Å². The summed E-state index contributed by atoms with van der Waals surface area (Å²) >= 11 is 1.74. The van der Waals surface area contributed by atoms with Gasteiger partial charge in [-0.3, -0.25) is 0 Å². The molecule has 0 bridgehead atoms. The molecule has 0 aromatic carbocycles. The van der Waals surface area contributed by atoms with E-state index in [1.54, 1.807) is 18.4 Å². The van der Waals surface area contributed by atoms with Gasteiger partial charge in [-0.15, -0.1) is 11.3 Å². The van der Waals surface area contributed by atoms with Gasteiger partial charge in [0.1, 0.15) is 5.01 Å². The molecule has 4 nitrogen and oxygen atoms in total. The standard InChI is InChI=1S/C16H25N3OS/c1-16(2,3)14-12-21-15(18-14)11-19-8-5-6-13(19)10-17-7-9-20-4/h5-6,8,12,17H,7,9-11H2,1-4H3. The molecule has 0 aliphatic carbocycles. The van der Waals surface area contributed by atoms with Crippen molar-refractivity contribution in [1.82, 2.24) is 14.9 Å². The molecule has 0 unspecified atom stereocenters. The average molecular weight is 307 g/mol. The van der Waals surface area contributed by atoms with Crippen molar-refractivity contribution in [3.05, 3.63) is 40.1 Å². The van der Waals surface area contributed by atoms with Gasteiger partial charge < -0.3 is 14.6 Å². The van der Waals surface area contributed by atoms with Crippen LogP contribution in [-0.2, 0) is 23.2 Å². The SMILES string of the molecule is COCCNCc1cccn1Cc1nc(C(C)(C)C)cs1. The molecular formula is C16H25N3OS. The summed E-state index contributed by atoms with van der Waals surface area (Å²) in [6, 6.07) is 4.24. The first-order valence-electron chi connectivity index (χ1n) is 7.29. The Morgan fingerprint density at radius 3 is 2.86 bits per heavy atom. The Bertz CT molecular complexity index is 554. The van der Waals surface area contributed by atoms with Gasteiger partial charge in [-0.2, -0.15) is 0 Å². The molecule has 0 aliphatic rings. The van der Waals surface area contributed by atoms with Crippen molar-refractivity contribution in [3.63, 3.8) is 0 Å². The zero-order valence-corrected chi connectivity index (χ0v) is 14.2. The van der Waals surface area contributed by atoms with E-state index in [1.807, 2.05) is 0 Å². The molecular weight excluding hydrogens is 282 g/mol. The summed E-state index contributed by atoms with van der Waals surface area (Å²) in [5.41, 5.74) is 2.57. The number of aromatic nitrogens is 2. The second-order valence-electron chi connectivity index (χ2n) is 6.17. The quantitative estimate of drug-likeness (QED) is 0.799. The third-order valence-corrected chi connectivity index (χ3v) is 4.17. The van der Waals surface area contributed by atoms with Crippen molar-refractivity contribution in [2.75, 3.05) is 20.3 Å². The normalized spacial score (nSPS) is 12.0. The van der Waals surface area contributed by atoms with Gasteiger partial charge in [-0.05, 0) is 12.1 Å². The van der Waals surface area contributed by atoms with Crippen molar-refractivity contribution in [2.45, 2.75) is 39.3 Å². The highest BCUT2D eigenvalue weighted by atomic mass is 32.1. The Kier molecular flexibility index (Phi) is 5.56. The molecule has 2 rings (SSSR count). The van der Waals surface area contributed by atoms with Gasteiger partial charge in [0.2, 0.25) is 0 Å². The van der Waals surface area contributed by atoms with Gasteiger partial charge in [0.25, 0.3) is 0 Å². The minimum Gasteiger partial charge on any atom is -0.383 e. The van der Waals surface area contributed by atoms with Crippen molar-refractivity contribution in [2.24, 2.45) is 0 Å². The van der Waals surface area contributed by atoms with Crippen LogP contribution in [0.4, 0.5) is 0 Å². The van der Waals surface area contributed by atoms with Gasteiger partial charge in [0.05, 0.1) is 18.8 Å². The number of methoxy groups -OCH3 is 1. The molecule has 0 saturated carbocycles. The lowest BCUT2D eigenvalue weighted by Crippen LogP contribution is -2.20. The van der Waals surface area contributed by atoms with Crippen LogP contribution in [0.3, 0.4) is 0 Å². The number of nitrogens with one attached hydrogen (secondary N) is 1. The van der Waals surface area contributed by atoms with Crippen LogP contribution in [0.5, 0.6) is 0 Å². The fourth-order valence-corrected chi connectivity index (χ4v) is 3.05. The van der Waals surface area contributed by atoms with Crippen molar-refractivity contribution in [3.8, 4) is 0 Å². The van der Waals surface area contributed by atoms with Crippen LogP contribution in [0.2, 0.25) is 0 Å². The van der Waals surface area contributed by atoms with E-state index in [9.17, 15) is 0 Å². The van der Waals surface area contributed by atoms with Crippen LogP contribution < -0.4 is 5.32 Å². The van der Waals surface area contributed by atoms with Crippen LogP contribution in [0.1, 0.15) is 37.2 Å². The van der Waals surface area contributed by atoms with Crippen LogP contribution in [0.25, 0.3) is 0 Å². The van der Waals surface area contributed by atoms with E-state index < -0.39 is 0 Å². The smallest absolute Gasteiger partial charge is 0.113 e. The predicted molar refractivity (Wildman–Crippen MR) is 87.9 cm³/mol. The minimum absolute atomic E-state index is 0.121. The fourth-order valence-electron chi connectivity index (χ4n) is 2.03. The van der Waals surface area contributed by atoms with Crippen LogP contribution in [-0.4, -0.2) is 29.8 Å². The Morgan fingerprint density at radius 1 is 1.38 bits per heavy atom. The second kappa shape index (κ2) is 7.20. The monoisotopic (exact) mass is 307 g/mol. The highest BCUT2D eigenvalue weighted by Gasteiger charge is 2.17. The summed E-state index contributed by atoms with van der Waals surface area (Å²) in [5.74, 6) is 0. The maximum absolute atomic E-state index is 5.04. The number of thiazole rings is 1. The number of nitrogens with zero attached hydrogens (tertiary/aromatic N) is 2. The highest BCUT2D eigenvalue weighted by molar-refractivity contribution is 7.09. The molecule has 0 amide bonds. The van der Waals surface area contributed by atoms with E-state index in [4.69, 9.17) is 9.72 Å². The number of rotatable bonds is 7. The van der Waals surface area contributed by atoms with Gasteiger partial charge in [-0.25, -0.2) is 4.98 Å². The molecule has 0 spiro atoms.